The maximum absolute atomic E-state index is 12.1. The van der Waals surface area contributed by atoms with Crippen LogP contribution in [0.4, 0.5) is 5.69 Å². The Balaban J connectivity index is 1.55. The summed E-state index contributed by atoms with van der Waals surface area (Å²) in [6.45, 7) is 0. The first-order chi connectivity index (χ1) is 9.60. The van der Waals surface area contributed by atoms with Crippen molar-refractivity contribution >= 4 is 39.1 Å². The summed E-state index contributed by atoms with van der Waals surface area (Å²) < 4.78 is 0.803. The van der Waals surface area contributed by atoms with Crippen molar-refractivity contribution in [3.63, 3.8) is 0 Å². The lowest BCUT2D eigenvalue weighted by atomic mass is 9.89. The zero-order valence-corrected chi connectivity index (χ0v) is 13.5. The highest BCUT2D eigenvalue weighted by atomic mass is 79.9. The van der Waals surface area contributed by atoms with E-state index < -0.39 is 0 Å². The molecule has 2 heterocycles. The minimum Gasteiger partial charge on any atom is -0.326 e. The van der Waals surface area contributed by atoms with Crippen molar-refractivity contribution in [2.75, 3.05) is 5.32 Å². The van der Waals surface area contributed by atoms with Gasteiger partial charge in [-0.1, -0.05) is 11.6 Å². The molecule has 1 amide bonds. The van der Waals surface area contributed by atoms with Gasteiger partial charge < -0.3 is 10.6 Å². The van der Waals surface area contributed by atoms with Crippen molar-refractivity contribution in [2.24, 2.45) is 5.92 Å². The van der Waals surface area contributed by atoms with E-state index in [-0.39, 0.29) is 5.91 Å². The number of rotatable bonds is 3. The Kier molecular flexibility index (Phi) is 4.34. The molecule has 3 nitrogen and oxygen atoms in total. The highest BCUT2D eigenvalue weighted by Gasteiger charge is 2.34. The van der Waals surface area contributed by atoms with Gasteiger partial charge in [-0.25, -0.2) is 0 Å². The largest absolute Gasteiger partial charge is 0.326 e. The molecule has 2 saturated heterocycles. The van der Waals surface area contributed by atoms with Crippen LogP contribution in [0.25, 0.3) is 0 Å². The molecule has 2 bridgehead atoms. The van der Waals surface area contributed by atoms with Gasteiger partial charge in [0.15, 0.2) is 0 Å². The first kappa shape index (κ1) is 14.4. The predicted octanol–water partition coefficient (Wildman–Crippen LogP) is 3.96. The Labute approximate surface area is 132 Å². The Hall–Kier alpha value is -0.580. The predicted molar refractivity (Wildman–Crippen MR) is 85.1 cm³/mol. The molecule has 2 atom stereocenters. The Morgan fingerprint density at radius 1 is 1.35 bits per heavy atom. The van der Waals surface area contributed by atoms with E-state index in [0.29, 0.717) is 29.4 Å². The second kappa shape index (κ2) is 6.04. The van der Waals surface area contributed by atoms with Gasteiger partial charge in [0.2, 0.25) is 5.91 Å². The van der Waals surface area contributed by atoms with E-state index in [0.717, 1.165) is 23.0 Å². The fraction of sp³-hybridized carbons (Fsp3) is 0.533. The van der Waals surface area contributed by atoms with Gasteiger partial charge in [0.1, 0.15) is 0 Å². The lowest BCUT2D eigenvalue weighted by molar-refractivity contribution is -0.117. The van der Waals surface area contributed by atoms with E-state index in [1.54, 1.807) is 6.07 Å². The molecule has 0 spiro atoms. The normalized spacial score (nSPS) is 28.4. The third-order valence-corrected chi connectivity index (χ3v) is 5.46. The number of benzene rings is 1. The van der Waals surface area contributed by atoms with Gasteiger partial charge in [0.05, 0.1) is 5.02 Å². The van der Waals surface area contributed by atoms with E-state index >= 15 is 0 Å². The van der Waals surface area contributed by atoms with Crippen LogP contribution in [0.3, 0.4) is 0 Å². The summed E-state index contributed by atoms with van der Waals surface area (Å²) in [5.74, 6) is 0.620. The third-order valence-electron chi connectivity index (χ3n) is 4.25. The molecular weight excluding hydrogens is 340 g/mol. The summed E-state index contributed by atoms with van der Waals surface area (Å²) in [6.07, 6.45) is 5.43. The standard InChI is InChI=1S/C15H18BrClN2O/c16-13-8-12(3-4-14(13)17)19-15(20)7-9-5-10-1-2-11(6-9)18-10/h3-4,8-11,18H,1-2,5-7H2,(H,19,20). The van der Waals surface area contributed by atoms with Gasteiger partial charge >= 0.3 is 0 Å². The second-order valence-electron chi connectivity index (χ2n) is 5.86. The SMILES string of the molecule is O=C(CC1CC2CCC(C1)N2)Nc1ccc(Cl)c(Br)c1. The number of piperidine rings is 1. The minimum absolute atomic E-state index is 0.102. The lowest BCUT2D eigenvalue weighted by Crippen LogP contribution is -2.39. The molecule has 2 fully saturated rings. The average Bonchev–Trinajstić information content (AvgIpc) is 2.73. The van der Waals surface area contributed by atoms with Gasteiger partial charge in [-0.2, -0.15) is 0 Å². The molecule has 0 radical (unpaired) electrons. The van der Waals surface area contributed by atoms with Crippen LogP contribution >= 0.6 is 27.5 Å². The number of amides is 1. The molecule has 2 aliphatic rings. The van der Waals surface area contributed by atoms with E-state index in [1.165, 1.54) is 12.8 Å². The number of halogens is 2. The van der Waals surface area contributed by atoms with Crippen molar-refractivity contribution in [3.05, 3.63) is 27.7 Å². The fourth-order valence-corrected chi connectivity index (χ4v) is 3.89. The molecule has 0 aliphatic carbocycles. The van der Waals surface area contributed by atoms with Crippen LogP contribution in [0.5, 0.6) is 0 Å². The molecular formula is C15H18BrClN2O. The molecule has 1 aromatic rings. The first-order valence-electron chi connectivity index (χ1n) is 7.11. The molecule has 20 heavy (non-hydrogen) atoms. The molecule has 1 aromatic carbocycles. The van der Waals surface area contributed by atoms with Gasteiger partial charge in [0.25, 0.3) is 0 Å². The highest BCUT2D eigenvalue weighted by Crippen LogP contribution is 2.33. The van der Waals surface area contributed by atoms with Gasteiger partial charge in [-0.15, -0.1) is 0 Å². The second-order valence-corrected chi connectivity index (χ2v) is 7.12. The van der Waals surface area contributed by atoms with E-state index in [4.69, 9.17) is 11.6 Å². The molecule has 0 aromatic heterocycles. The highest BCUT2D eigenvalue weighted by molar-refractivity contribution is 9.10. The van der Waals surface area contributed by atoms with Crippen LogP contribution in [-0.2, 0) is 4.79 Å². The van der Waals surface area contributed by atoms with Crippen molar-refractivity contribution < 1.29 is 4.79 Å². The number of carbonyl (C=O) groups excluding carboxylic acids is 1. The Morgan fingerprint density at radius 2 is 2.05 bits per heavy atom. The maximum Gasteiger partial charge on any atom is 0.224 e. The smallest absolute Gasteiger partial charge is 0.224 e. The van der Waals surface area contributed by atoms with Crippen LogP contribution in [0.15, 0.2) is 22.7 Å². The summed E-state index contributed by atoms with van der Waals surface area (Å²) in [5.41, 5.74) is 0.795. The minimum atomic E-state index is 0.102. The van der Waals surface area contributed by atoms with Crippen LogP contribution in [0.1, 0.15) is 32.1 Å². The topological polar surface area (TPSA) is 41.1 Å². The number of carbonyl (C=O) groups is 1. The zero-order valence-electron chi connectivity index (χ0n) is 11.2. The molecule has 108 valence electrons. The van der Waals surface area contributed by atoms with Gasteiger partial charge in [0, 0.05) is 28.7 Å². The van der Waals surface area contributed by atoms with E-state index in [9.17, 15) is 4.79 Å². The number of fused-ring (bicyclic) bond motifs is 2. The van der Waals surface area contributed by atoms with Crippen molar-refractivity contribution in [2.45, 2.75) is 44.2 Å². The number of nitrogens with one attached hydrogen (secondary N) is 2. The average molecular weight is 358 g/mol. The van der Waals surface area contributed by atoms with E-state index in [1.807, 2.05) is 12.1 Å². The quantitative estimate of drug-likeness (QED) is 0.859. The molecule has 2 unspecified atom stereocenters. The van der Waals surface area contributed by atoms with Crippen LogP contribution in [-0.4, -0.2) is 18.0 Å². The molecule has 2 aliphatic heterocycles. The van der Waals surface area contributed by atoms with Crippen LogP contribution in [0.2, 0.25) is 5.02 Å². The van der Waals surface area contributed by atoms with Gasteiger partial charge in [-0.05, 0) is 65.7 Å². The summed E-state index contributed by atoms with van der Waals surface area (Å²) >= 11 is 9.31. The number of hydrogen-bond acceptors (Lipinski definition) is 2. The zero-order chi connectivity index (χ0) is 14.1. The molecule has 2 N–H and O–H groups in total. The Bertz CT molecular complexity index is 511. The van der Waals surface area contributed by atoms with Crippen molar-refractivity contribution in [1.82, 2.24) is 5.32 Å². The van der Waals surface area contributed by atoms with Gasteiger partial charge in [-0.3, -0.25) is 4.79 Å². The summed E-state index contributed by atoms with van der Waals surface area (Å²) in [6, 6.07) is 6.72. The maximum atomic E-state index is 12.1. The molecule has 3 rings (SSSR count). The van der Waals surface area contributed by atoms with E-state index in [2.05, 4.69) is 26.6 Å². The fourth-order valence-electron chi connectivity index (χ4n) is 3.39. The van der Waals surface area contributed by atoms with Crippen molar-refractivity contribution in [1.29, 1.82) is 0 Å². The Morgan fingerprint density at radius 3 is 2.70 bits per heavy atom. The number of hydrogen-bond donors (Lipinski definition) is 2. The summed E-state index contributed by atoms with van der Waals surface area (Å²) in [7, 11) is 0. The number of anilines is 1. The van der Waals surface area contributed by atoms with Crippen LogP contribution in [0, 0.1) is 5.92 Å². The first-order valence-corrected chi connectivity index (χ1v) is 8.28. The van der Waals surface area contributed by atoms with Crippen molar-refractivity contribution in [3.8, 4) is 0 Å². The van der Waals surface area contributed by atoms with Crippen LogP contribution < -0.4 is 10.6 Å². The monoisotopic (exact) mass is 356 g/mol. The molecule has 0 saturated carbocycles. The lowest BCUT2D eigenvalue weighted by Gasteiger charge is -2.28. The molecule has 5 heteroatoms. The summed E-state index contributed by atoms with van der Waals surface area (Å²) in [4.78, 5) is 12.1. The summed E-state index contributed by atoms with van der Waals surface area (Å²) in [5, 5.41) is 7.21. The third kappa shape index (κ3) is 3.35.